The summed E-state index contributed by atoms with van der Waals surface area (Å²) < 4.78 is 5.50. The number of amides is 1. The van der Waals surface area contributed by atoms with Crippen molar-refractivity contribution in [2.24, 2.45) is 0 Å². The summed E-state index contributed by atoms with van der Waals surface area (Å²) in [5, 5.41) is 11.0. The number of ether oxygens (including phenoxy) is 1. The number of pyridine rings is 1. The number of benzene rings is 2. The predicted molar refractivity (Wildman–Crippen MR) is 113 cm³/mol. The van der Waals surface area contributed by atoms with E-state index in [0.29, 0.717) is 22.6 Å². The summed E-state index contributed by atoms with van der Waals surface area (Å²) >= 11 is 0. The number of carbonyl (C=O) groups is 2. The maximum atomic E-state index is 13.1. The van der Waals surface area contributed by atoms with Crippen molar-refractivity contribution >= 4 is 23.1 Å². The Bertz CT molecular complexity index is 1140. The molecule has 1 N–H and O–H groups in total. The van der Waals surface area contributed by atoms with Crippen LogP contribution in [-0.4, -0.2) is 28.9 Å². The lowest BCUT2D eigenvalue weighted by Crippen LogP contribution is -2.29. The predicted octanol–water partition coefficient (Wildman–Crippen LogP) is 4.02. The van der Waals surface area contributed by atoms with Crippen LogP contribution in [0.2, 0.25) is 0 Å². The van der Waals surface area contributed by atoms with Gasteiger partial charge in [-0.15, -0.1) is 0 Å². The molecule has 1 saturated heterocycles. The number of aromatic nitrogens is 1. The maximum Gasteiger partial charge on any atom is 0.300 e. The van der Waals surface area contributed by atoms with Gasteiger partial charge in [0.2, 0.25) is 0 Å². The fourth-order valence-electron chi connectivity index (χ4n) is 3.66. The van der Waals surface area contributed by atoms with Crippen LogP contribution in [0.3, 0.4) is 0 Å². The van der Waals surface area contributed by atoms with Crippen LogP contribution in [0.15, 0.2) is 78.6 Å². The molecule has 150 valence electrons. The summed E-state index contributed by atoms with van der Waals surface area (Å²) in [6.45, 7) is 1.94. The molecule has 1 aromatic heterocycles. The number of hydrogen-bond acceptors (Lipinski definition) is 5. The number of para-hydroxylation sites is 1. The van der Waals surface area contributed by atoms with Gasteiger partial charge in [-0.05, 0) is 37.3 Å². The molecule has 30 heavy (non-hydrogen) atoms. The second kappa shape index (κ2) is 7.83. The Morgan fingerprint density at radius 1 is 1.00 bits per heavy atom. The monoisotopic (exact) mass is 400 g/mol. The third-order valence-corrected chi connectivity index (χ3v) is 5.14. The van der Waals surface area contributed by atoms with Gasteiger partial charge in [0, 0.05) is 29.2 Å². The van der Waals surface area contributed by atoms with Crippen molar-refractivity contribution in [1.82, 2.24) is 4.98 Å². The Morgan fingerprint density at radius 2 is 1.67 bits per heavy atom. The first kappa shape index (κ1) is 19.4. The topological polar surface area (TPSA) is 79.7 Å². The van der Waals surface area contributed by atoms with Crippen molar-refractivity contribution in [3.05, 3.63) is 95.3 Å². The van der Waals surface area contributed by atoms with E-state index in [0.717, 1.165) is 5.56 Å². The molecule has 1 aliphatic heterocycles. The number of rotatable bonds is 4. The minimum atomic E-state index is -0.836. The average molecular weight is 400 g/mol. The summed E-state index contributed by atoms with van der Waals surface area (Å²) in [7, 11) is 1.53. The van der Waals surface area contributed by atoms with Crippen LogP contribution in [0.5, 0.6) is 5.75 Å². The molecule has 3 aromatic rings. The normalized spacial score (nSPS) is 17.9. The number of ketones is 1. The summed E-state index contributed by atoms with van der Waals surface area (Å²) in [6.07, 6.45) is 3.03. The van der Waals surface area contributed by atoms with E-state index in [1.165, 1.54) is 24.4 Å². The van der Waals surface area contributed by atoms with E-state index in [1.54, 1.807) is 42.5 Å². The first-order chi connectivity index (χ1) is 14.5. The number of aryl methyl sites for hydroxylation is 1. The molecule has 6 nitrogen and oxygen atoms in total. The molecule has 0 radical (unpaired) electrons. The van der Waals surface area contributed by atoms with Gasteiger partial charge >= 0.3 is 0 Å². The zero-order valence-corrected chi connectivity index (χ0v) is 16.6. The number of Topliss-reactive ketones (excluding diaryl/α,β-unsaturated/α-hetero) is 1. The lowest BCUT2D eigenvalue weighted by Gasteiger charge is -2.26. The first-order valence-electron chi connectivity index (χ1n) is 9.44. The Morgan fingerprint density at radius 3 is 2.33 bits per heavy atom. The van der Waals surface area contributed by atoms with Crippen LogP contribution in [0.1, 0.15) is 22.7 Å². The standard InChI is InChI=1S/C24H20N2O4/c1-15-7-9-17(10-8-15)26-21(18-5-3-4-6-19(18)30-2)20(23(28)24(26)29)22(27)16-11-13-25-14-12-16/h3-14,21,27H,1-2H3/b22-20-. The highest BCUT2D eigenvalue weighted by Gasteiger charge is 2.47. The second-order valence-corrected chi connectivity index (χ2v) is 6.98. The van der Waals surface area contributed by atoms with Gasteiger partial charge in [-0.3, -0.25) is 19.5 Å². The lowest BCUT2D eigenvalue weighted by atomic mass is 9.94. The van der Waals surface area contributed by atoms with Gasteiger partial charge in [-0.25, -0.2) is 0 Å². The van der Waals surface area contributed by atoms with Crippen LogP contribution < -0.4 is 9.64 Å². The quantitative estimate of drug-likeness (QED) is 0.406. The molecular weight excluding hydrogens is 380 g/mol. The SMILES string of the molecule is COc1ccccc1C1/C(=C(/O)c2ccncc2)C(=O)C(=O)N1c1ccc(C)cc1. The Kier molecular flexibility index (Phi) is 5.06. The molecule has 1 fully saturated rings. The van der Waals surface area contributed by atoms with E-state index in [-0.39, 0.29) is 11.3 Å². The van der Waals surface area contributed by atoms with Gasteiger partial charge in [-0.2, -0.15) is 0 Å². The van der Waals surface area contributed by atoms with E-state index < -0.39 is 17.7 Å². The molecule has 0 aliphatic carbocycles. The minimum absolute atomic E-state index is 0.0104. The van der Waals surface area contributed by atoms with Crippen LogP contribution >= 0.6 is 0 Å². The Labute approximate surface area is 174 Å². The van der Waals surface area contributed by atoms with Crippen LogP contribution in [0.4, 0.5) is 5.69 Å². The molecule has 1 atom stereocenters. The lowest BCUT2D eigenvalue weighted by molar-refractivity contribution is -0.132. The van der Waals surface area contributed by atoms with Crippen molar-refractivity contribution in [2.75, 3.05) is 12.0 Å². The molecule has 0 bridgehead atoms. The van der Waals surface area contributed by atoms with Crippen LogP contribution in [0.25, 0.3) is 5.76 Å². The van der Waals surface area contributed by atoms with E-state index in [4.69, 9.17) is 4.74 Å². The van der Waals surface area contributed by atoms with Crippen molar-refractivity contribution in [1.29, 1.82) is 0 Å². The summed E-state index contributed by atoms with van der Waals surface area (Å²) in [5.74, 6) is -1.19. The van der Waals surface area contributed by atoms with Gasteiger partial charge in [-0.1, -0.05) is 35.9 Å². The van der Waals surface area contributed by atoms with Crippen molar-refractivity contribution < 1.29 is 19.4 Å². The van der Waals surface area contributed by atoms with E-state index in [9.17, 15) is 14.7 Å². The number of hydrogen-bond donors (Lipinski definition) is 1. The molecule has 1 aliphatic rings. The van der Waals surface area contributed by atoms with Gasteiger partial charge in [0.1, 0.15) is 11.5 Å². The molecule has 2 aromatic carbocycles. The van der Waals surface area contributed by atoms with Crippen molar-refractivity contribution in [3.63, 3.8) is 0 Å². The van der Waals surface area contributed by atoms with Crippen molar-refractivity contribution in [3.8, 4) is 5.75 Å². The van der Waals surface area contributed by atoms with E-state index >= 15 is 0 Å². The molecule has 2 heterocycles. The third-order valence-electron chi connectivity index (χ3n) is 5.14. The van der Waals surface area contributed by atoms with Crippen LogP contribution in [-0.2, 0) is 9.59 Å². The minimum Gasteiger partial charge on any atom is -0.507 e. The molecule has 1 amide bonds. The zero-order chi connectivity index (χ0) is 21.3. The smallest absolute Gasteiger partial charge is 0.300 e. The van der Waals surface area contributed by atoms with E-state index in [2.05, 4.69) is 4.98 Å². The summed E-state index contributed by atoms with van der Waals surface area (Å²) in [6, 6.07) is 16.8. The summed E-state index contributed by atoms with van der Waals surface area (Å²) in [4.78, 5) is 31.5. The zero-order valence-electron chi connectivity index (χ0n) is 16.6. The fraction of sp³-hybridized carbons (Fsp3) is 0.125. The first-order valence-corrected chi connectivity index (χ1v) is 9.44. The van der Waals surface area contributed by atoms with E-state index in [1.807, 2.05) is 25.1 Å². The number of aliphatic hydroxyl groups is 1. The van der Waals surface area contributed by atoms with Gasteiger partial charge < -0.3 is 9.84 Å². The highest BCUT2D eigenvalue weighted by Crippen LogP contribution is 2.44. The number of methoxy groups -OCH3 is 1. The van der Waals surface area contributed by atoms with Gasteiger partial charge in [0.15, 0.2) is 0 Å². The number of carbonyl (C=O) groups excluding carboxylic acids is 2. The third kappa shape index (κ3) is 3.22. The summed E-state index contributed by atoms with van der Waals surface area (Å²) in [5.41, 5.74) is 2.62. The molecular formula is C24H20N2O4. The molecule has 0 spiro atoms. The molecule has 1 unspecified atom stereocenters. The van der Waals surface area contributed by atoms with Gasteiger partial charge in [0.25, 0.3) is 11.7 Å². The maximum absolute atomic E-state index is 13.1. The number of nitrogens with zero attached hydrogens (tertiary/aromatic N) is 2. The second-order valence-electron chi connectivity index (χ2n) is 6.98. The Hall–Kier alpha value is -3.93. The fourth-order valence-corrected chi connectivity index (χ4v) is 3.66. The highest BCUT2D eigenvalue weighted by molar-refractivity contribution is 6.51. The number of aliphatic hydroxyl groups excluding tert-OH is 1. The van der Waals surface area contributed by atoms with Crippen LogP contribution in [0, 0.1) is 6.92 Å². The molecule has 6 heteroatoms. The van der Waals surface area contributed by atoms with Crippen molar-refractivity contribution in [2.45, 2.75) is 13.0 Å². The average Bonchev–Trinajstić information content (AvgIpc) is 3.05. The highest BCUT2D eigenvalue weighted by atomic mass is 16.5. The number of anilines is 1. The largest absolute Gasteiger partial charge is 0.507 e. The molecule has 4 rings (SSSR count). The molecule has 0 saturated carbocycles. The Balaban J connectivity index is 1.98. The van der Waals surface area contributed by atoms with Gasteiger partial charge in [0.05, 0.1) is 18.7 Å².